The number of halogens is 3. The number of nitrogen functional groups attached to an aromatic ring is 1. The third kappa shape index (κ3) is 4.12. The van der Waals surface area contributed by atoms with E-state index in [-0.39, 0.29) is 11.4 Å². The first-order valence-electron chi connectivity index (χ1n) is 7.70. The van der Waals surface area contributed by atoms with Crippen LogP contribution >= 0.6 is 0 Å². The second-order valence-corrected chi connectivity index (χ2v) is 5.63. The molecule has 0 unspecified atom stereocenters. The number of benzene rings is 3. The van der Waals surface area contributed by atoms with E-state index >= 15 is 0 Å². The molecule has 2 nitrogen and oxygen atoms in total. The first-order valence-corrected chi connectivity index (χ1v) is 7.70. The summed E-state index contributed by atoms with van der Waals surface area (Å²) in [6.07, 6.45) is -3.98. The van der Waals surface area contributed by atoms with E-state index in [9.17, 15) is 13.2 Å². The molecule has 0 aliphatic heterocycles. The lowest BCUT2D eigenvalue weighted by atomic mass is 10.0. The molecule has 0 fully saturated rings. The van der Waals surface area contributed by atoms with Crippen molar-refractivity contribution in [1.29, 1.82) is 0 Å². The predicted octanol–water partition coefficient (Wildman–Crippen LogP) is 5.67. The standard InChI is InChI=1S/C20H16F3NO/c21-20(22,23)17-13-16(24)10-11-19(17)25-18-9-5-4-8-15(18)12-14-6-2-1-3-7-14/h1-11,13H,12,24H2. The molecule has 0 bridgehead atoms. The molecule has 0 amide bonds. The zero-order valence-corrected chi connectivity index (χ0v) is 13.3. The average Bonchev–Trinajstić information content (AvgIpc) is 2.58. The lowest BCUT2D eigenvalue weighted by Gasteiger charge is -2.16. The Morgan fingerprint density at radius 2 is 1.48 bits per heavy atom. The Hall–Kier alpha value is -2.95. The average molecular weight is 343 g/mol. The highest BCUT2D eigenvalue weighted by Crippen LogP contribution is 2.40. The van der Waals surface area contributed by atoms with Crippen molar-refractivity contribution < 1.29 is 17.9 Å². The fraction of sp³-hybridized carbons (Fsp3) is 0.100. The molecule has 0 spiro atoms. The van der Waals surface area contributed by atoms with Crippen LogP contribution in [0, 0.1) is 0 Å². The fourth-order valence-corrected chi connectivity index (χ4v) is 2.54. The smallest absolute Gasteiger partial charge is 0.420 e. The molecule has 2 N–H and O–H groups in total. The van der Waals surface area contributed by atoms with Crippen molar-refractivity contribution in [2.75, 3.05) is 5.73 Å². The van der Waals surface area contributed by atoms with Gasteiger partial charge in [-0.2, -0.15) is 13.2 Å². The van der Waals surface area contributed by atoms with Gasteiger partial charge >= 0.3 is 6.18 Å². The highest BCUT2D eigenvalue weighted by molar-refractivity contribution is 5.51. The van der Waals surface area contributed by atoms with Gasteiger partial charge in [-0.15, -0.1) is 0 Å². The molecule has 0 aliphatic rings. The Balaban J connectivity index is 1.95. The molecule has 0 aromatic heterocycles. The summed E-state index contributed by atoms with van der Waals surface area (Å²) < 4.78 is 45.3. The van der Waals surface area contributed by atoms with Crippen molar-refractivity contribution in [3.8, 4) is 11.5 Å². The van der Waals surface area contributed by atoms with Crippen LogP contribution in [-0.2, 0) is 12.6 Å². The molecule has 5 heteroatoms. The van der Waals surface area contributed by atoms with Gasteiger partial charge in [0.2, 0.25) is 0 Å². The predicted molar refractivity (Wildman–Crippen MR) is 91.6 cm³/mol. The first-order chi connectivity index (χ1) is 11.9. The van der Waals surface area contributed by atoms with Crippen molar-refractivity contribution in [3.05, 3.63) is 89.5 Å². The summed E-state index contributed by atoms with van der Waals surface area (Å²) in [6, 6.07) is 20.3. The van der Waals surface area contributed by atoms with Gasteiger partial charge in [0, 0.05) is 12.1 Å². The van der Waals surface area contributed by atoms with Crippen LogP contribution in [0.4, 0.5) is 18.9 Å². The van der Waals surface area contributed by atoms with Gasteiger partial charge in [-0.25, -0.2) is 0 Å². The second kappa shape index (κ2) is 6.89. The monoisotopic (exact) mass is 343 g/mol. The Morgan fingerprint density at radius 3 is 2.20 bits per heavy atom. The molecular formula is C20H16F3NO. The van der Waals surface area contributed by atoms with Gasteiger partial charge in [0.25, 0.3) is 0 Å². The van der Waals surface area contributed by atoms with E-state index in [1.54, 1.807) is 12.1 Å². The van der Waals surface area contributed by atoms with E-state index in [0.29, 0.717) is 12.2 Å². The van der Waals surface area contributed by atoms with Crippen LogP contribution in [0.2, 0.25) is 0 Å². The Labute approximate surface area is 143 Å². The van der Waals surface area contributed by atoms with Gasteiger partial charge in [0.05, 0.1) is 0 Å². The van der Waals surface area contributed by atoms with Crippen molar-refractivity contribution in [1.82, 2.24) is 0 Å². The third-order valence-electron chi connectivity index (χ3n) is 3.74. The number of ether oxygens (including phenoxy) is 1. The number of nitrogens with two attached hydrogens (primary N) is 1. The number of hydrogen-bond donors (Lipinski definition) is 1. The molecule has 3 aromatic carbocycles. The number of hydrogen-bond acceptors (Lipinski definition) is 2. The maximum Gasteiger partial charge on any atom is 0.420 e. The molecule has 0 aliphatic carbocycles. The minimum atomic E-state index is -4.54. The van der Waals surface area contributed by atoms with Gasteiger partial charge < -0.3 is 10.5 Å². The van der Waals surface area contributed by atoms with Crippen LogP contribution in [0.1, 0.15) is 16.7 Å². The third-order valence-corrected chi connectivity index (χ3v) is 3.74. The molecule has 25 heavy (non-hydrogen) atoms. The summed E-state index contributed by atoms with van der Waals surface area (Å²) in [5.41, 5.74) is 6.50. The molecule has 0 heterocycles. The van der Waals surface area contributed by atoms with E-state index < -0.39 is 11.7 Å². The lowest BCUT2D eigenvalue weighted by molar-refractivity contribution is -0.138. The van der Waals surface area contributed by atoms with Gasteiger partial charge in [-0.05, 0) is 35.4 Å². The lowest BCUT2D eigenvalue weighted by Crippen LogP contribution is -2.08. The van der Waals surface area contributed by atoms with Gasteiger partial charge in [0.15, 0.2) is 0 Å². The van der Waals surface area contributed by atoms with Crippen LogP contribution in [-0.4, -0.2) is 0 Å². The van der Waals surface area contributed by atoms with Gasteiger partial charge in [-0.3, -0.25) is 0 Å². The molecule has 128 valence electrons. The maximum atomic E-state index is 13.2. The Bertz CT molecular complexity index is 860. The molecular weight excluding hydrogens is 327 g/mol. The molecule has 3 rings (SSSR count). The van der Waals surface area contributed by atoms with Crippen LogP contribution in [0.3, 0.4) is 0 Å². The highest BCUT2D eigenvalue weighted by Gasteiger charge is 2.35. The SMILES string of the molecule is Nc1ccc(Oc2ccccc2Cc2ccccc2)c(C(F)(F)F)c1. The summed E-state index contributed by atoms with van der Waals surface area (Å²) in [6.45, 7) is 0. The summed E-state index contributed by atoms with van der Waals surface area (Å²) in [7, 11) is 0. The normalized spacial score (nSPS) is 11.3. The number of para-hydroxylation sites is 1. The Morgan fingerprint density at radius 1 is 0.800 bits per heavy atom. The van der Waals surface area contributed by atoms with Gasteiger partial charge in [-0.1, -0.05) is 48.5 Å². The summed E-state index contributed by atoms with van der Waals surface area (Å²) in [5.74, 6) is 0.129. The molecule has 0 radical (unpaired) electrons. The van der Waals surface area contributed by atoms with Crippen molar-refractivity contribution >= 4 is 5.69 Å². The summed E-state index contributed by atoms with van der Waals surface area (Å²) >= 11 is 0. The van der Waals surface area contributed by atoms with Crippen LogP contribution in [0.25, 0.3) is 0 Å². The maximum absolute atomic E-state index is 13.2. The fourth-order valence-electron chi connectivity index (χ4n) is 2.54. The van der Waals surface area contributed by atoms with E-state index in [1.165, 1.54) is 12.1 Å². The zero-order valence-electron chi connectivity index (χ0n) is 13.3. The van der Waals surface area contributed by atoms with Crippen LogP contribution in [0.15, 0.2) is 72.8 Å². The van der Waals surface area contributed by atoms with Crippen molar-refractivity contribution in [3.63, 3.8) is 0 Å². The van der Waals surface area contributed by atoms with Crippen molar-refractivity contribution in [2.24, 2.45) is 0 Å². The number of anilines is 1. The van der Waals surface area contributed by atoms with Crippen LogP contribution in [0.5, 0.6) is 11.5 Å². The van der Waals surface area contributed by atoms with E-state index in [4.69, 9.17) is 10.5 Å². The molecule has 3 aromatic rings. The number of alkyl halides is 3. The Kier molecular flexibility index (Phi) is 4.65. The first kappa shape index (κ1) is 16.9. The zero-order chi connectivity index (χ0) is 17.9. The second-order valence-electron chi connectivity index (χ2n) is 5.63. The largest absolute Gasteiger partial charge is 0.456 e. The minimum absolute atomic E-state index is 0.0391. The van der Waals surface area contributed by atoms with E-state index in [0.717, 1.165) is 17.2 Å². The molecule has 0 saturated carbocycles. The van der Waals surface area contributed by atoms with Gasteiger partial charge in [0.1, 0.15) is 17.1 Å². The summed E-state index contributed by atoms with van der Waals surface area (Å²) in [4.78, 5) is 0. The molecule has 0 atom stereocenters. The highest BCUT2D eigenvalue weighted by atomic mass is 19.4. The van der Waals surface area contributed by atoms with E-state index in [1.807, 2.05) is 42.5 Å². The topological polar surface area (TPSA) is 35.2 Å². The minimum Gasteiger partial charge on any atom is -0.456 e. The molecule has 0 saturated heterocycles. The quantitative estimate of drug-likeness (QED) is 0.619. The van der Waals surface area contributed by atoms with E-state index in [2.05, 4.69) is 0 Å². The van der Waals surface area contributed by atoms with Crippen LogP contribution < -0.4 is 10.5 Å². The van der Waals surface area contributed by atoms with Crippen molar-refractivity contribution in [2.45, 2.75) is 12.6 Å². The summed E-state index contributed by atoms with van der Waals surface area (Å²) in [5, 5.41) is 0. The number of rotatable bonds is 4.